The average molecular weight is 378 g/mol. The molecule has 0 aliphatic carbocycles. The van der Waals surface area contributed by atoms with Crippen molar-refractivity contribution >= 4 is 5.96 Å². The summed E-state index contributed by atoms with van der Waals surface area (Å²) < 4.78 is 7.27. The van der Waals surface area contributed by atoms with Crippen LogP contribution < -0.4 is 15.4 Å². The molecular formula is C21H26N6O. The van der Waals surface area contributed by atoms with E-state index in [0.717, 1.165) is 28.2 Å². The first-order valence-electron chi connectivity index (χ1n) is 9.16. The zero-order valence-electron chi connectivity index (χ0n) is 16.7. The Hall–Kier alpha value is -3.35. The van der Waals surface area contributed by atoms with Crippen molar-refractivity contribution < 1.29 is 4.74 Å². The number of hydrogen-bond acceptors (Lipinski definition) is 4. The number of rotatable bonds is 6. The molecule has 0 bridgehead atoms. The standard InChI is InChI=1S/C21H26N6O/c1-15-12-16(2)27(26-15)19-10-6-5-8-17(19)13-24-21(22-3)25-14-18-9-7-11-23-20(18)28-4/h5-12H,13-14H2,1-4H3,(H2,22,24,25). The number of methoxy groups -OCH3 is 1. The maximum absolute atomic E-state index is 5.30. The maximum Gasteiger partial charge on any atom is 0.218 e. The number of para-hydroxylation sites is 1. The monoisotopic (exact) mass is 378 g/mol. The molecule has 3 aromatic rings. The number of benzene rings is 1. The minimum Gasteiger partial charge on any atom is -0.481 e. The van der Waals surface area contributed by atoms with Crippen molar-refractivity contribution in [2.24, 2.45) is 4.99 Å². The molecule has 0 saturated heterocycles. The Bertz CT molecular complexity index is 963. The van der Waals surface area contributed by atoms with Crippen LogP contribution in [0.5, 0.6) is 5.88 Å². The van der Waals surface area contributed by atoms with Gasteiger partial charge in [-0.3, -0.25) is 4.99 Å². The first-order chi connectivity index (χ1) is 13.6. The van der Waals surface area contributed by atoms with E-state index < -0.39 is 0 Å². The van der Waals surface area contributed by atoms with Crippen LogP contribution in [0.2, 0.25) is 0 Å². The van der Waals surface area contributed by atoms with Gasteiger partial charge in [0.05, 0.1) is 18.5 Å². The van der Waals surface area contributed by atoms with E-state index in [1.165, 1.54) is 0 Å². The molecule has 0 atom stereocenters. The van der Waals surface area contributed by atoms with Crippen LogP contribution >= 0.6 is 0 Å². The Morgan fingerprint density at radius 2 is 1.79 bits per heavy atom. The highest BCUT2D eigenvalue weighted by atomic mass is 16.5. The van der Waals surface area contributed by atoms with Gasteiger partial charge in [-0.2, -0.15) is 5.10 Å². The molecule has 0 spiro atoms. The number of aryl methyl sites for hydroxylation is 2. The van der Waals surface area contributed by atoms with Crippen molar-refractivity contribution in [1.29, 1.82) is 0 Å². The summed E-state index contributed by atoms with van der Waals surface area (Å²) >= 11 is 0. The fourth-order valence-electron chi connectivity index (χ4n) is 3.06. The number of ether oxygens (including phenoxy) is 1. The first-order valence-corrected chi connectivity index (χ1v) is 9.16. The fourth-order valence-corrected chi connectivity index (χ4v) is 3.06. The van der Waals surface area contributed by atoms with E-state index in [0.29, 0.717) is 24.9 Å². The van der Waals surface area contributed by atoms with Gasteiger partial charge >= 0.3 is 0 Å². The second-order valence-electron chi connectivity index (χ2n) is 6.42. The Balaban J connectivity index is 1.68. The molecule has 7 heteroatoms. The predicted molar refractivity (Wildman–Crippen MR) is 111 cm³/mol. The summed E-state index contributed by atoms with van der Waals surface area (Å²) in [6.45, 7) is 5.25. The molecule has 28 heavy (non-hydrogen) atoms. The van der Waals surface area contributed by atoms with Crippen molar-refractivity contribution in [3.05, 3.63) is 71.2 Å². The van der Waals surface area contributed by atoms with E-state index in [4.69, 9.17) is 4.74 Å². The zero-order chi connectivity index (χ0) is 19.9. The lowest BCUT2D eigenvalue weighted by molar-refractivity contribution is 0.392. The third kappa shape index (κ3) is 4.49. The van der Waals surface area contributed by atoms with Gasteiger partial charge in [-0.15, -0.1) is 0 Å². The molecule has 7 nitrogen and oxygen atoms in total. The highest BCUT2D eigenvalue weighted by molar-refractivity contribution is 5.79. The number of pyridine rings is 1. The molecule has 146 valence electrons. The molecule has 0 saturated carbocycles. The molecule has 0 radical (unpaired) electrons. The van der Waals surface area contributed by atoms with Crippen LogP contribution in [0.1, 0.15) is 22.5 Å². The summed E-state index contributed by atoms with van der Waals surface area (Å²) in [7, 11) is 3.37. The van der Waals surface area contributed by atoms with Gasteiger partial charge in [0.1, 0.15) is 0 Å². The van der Waals surface area contributed by atoms with E-state index in [1.54, 1.807) is 20.4 Å². The molecule has 0 fully saturated rings. The van der Waals surface area contributed by atoms with Crippen LogP contribution in [-0.2, 0) is 13.1 Å². The van der Waals surface area contributed by atoms with Gasteiger partial charge in [0.25, 0.3) is 0 Å². The summed E-state index contributed by atoms with van der Waals surface area (Å²) in [4.78, 5) is 8.53. The van der Waals surface area contributed by atoms with Gasteiger partial charge in [0.2, 0.25) is 5.88 Å². The van der Waals surface area contributed by atoms with Crippen LogP contribution in [0, 0.1) is 13.8 Å². The molecule has 1 aromatic carbocycles. The summed E-state index contributed by atoms with van der Waals surface area (Å²) in [6.07, 6.45) is 1.71. The van der Waals surface area contributed by atoms with Gasteiger partial charge in [-0.1, -0.05) is 24.3 Å². The predicted octanol–water partition coefficient (Wildman–Crippen LogP) is 2.76. The Morgan fingerprint density at radius 1 is 1.07 bits per heavy atom. The second-order valence-corrected chi connectivity index (χ2v) is 6.42. The normalized spacial score (nSPS) is 11.4. The Kier molecular flexibility index (Phi) is 6.26. The van der Waals surface area contributed by atoms with Gasteiger partial charge in [-0.25, -0.2) is 9.67 Å². The van der Waals surface area contributed by atoms with Gasteiger partial charge in [0.15, 0.2) is 5.96 Å². The highest BCUT2D eigenvalue weighted by Gasteiger charge is 2.10. The lowest BCUT2D eigenvalue weighted by atomic mass is 10.1. The van der Waals surface area contributed by atoms with Crippen LogP contribution in [-0.4, -0.2) is 34.9 Å². The molecule has 0 aliphatic rings. The summed E-state index contributed by atoms with van der Waals surface area (Å²) in [6, 6.07) is 14.2. The number of guanidine groups is 1. The van der Waals surface area contributed by atoms with E-state index in [2.05, 4.69) is 50.8 Å². The maximum atomic E-state index is 5.30. The smallest absolute Gasteiger partial charge is 0.218 e. The lowest BCUT2D eigenvalue weighted by Crippen LogP contribution is -2.36. The molecule has 2 N–H and O–H groups in total. The van der Waals surface area contributed by atoms with Gasteiger partial charge < -0.3 is 15.4 Å². The van der Waals surface area contributed by atoms with Crippen LogP contribution in [0.15, 0.2) is 53.7 Å². The third-order valence-corrected chi connectivity index (χ3v) is 4.39. The SMILES string of the molecule is CN=C(NCc1ccccc1-n1nc(C)cc1C)NCc1cccnc1OC. The van der Waals surface area contributed by atoms with Crippen LogP contribution in [0.3, 0.4) is 0 Å². The quantitative estimate of drug-likeness (QED) is 0.510. The molecule has 2 aromatic heterocycles. The Labute approximate surface area is 165 Å². The van der Waals surface area contributed by atoms with Crippen LogP contribution in [0.4, 0.5) is 0 Å². The fraction of sp³-hybridized carbons (Fsp3) is 0.286. The number of aliphatic imine (C=N–C) groups is 1. The second kappa shape index (κ2) is 9.03. The van der Waals surface area contributed by atoms with Crippen molar-refractivity contribution in [1.82, 2.24) is 25.4 Å². The summed E-state index contributed by atoms with van der Waals surface area (Å²) in [5.41, 5.74) is 5.27. The third-order valence-electron chi connectivity index (χ3n) is 4.39. The molecule has 0 aliphatic heterocycles. The molecule has 0 unspecified atom stereocenters. The molecule has 2 heterocycles. The minimum absolute atomic E-state index is 0.565. The van der Waals surface area contributed by atoms with Crippen molar-refractivity contribution in [3.63, 3.8) is 0 Å². The number of aromatic nitrogens is 3. The van der Waals surface area contributed by atoms with E-state index >= 15 is 0 Å². The first kappa shape index (κ1) is 19.4. The zero-order valence-corrected chi connectivity index (χ0v) is 16.7. The van der Waals surface area contributed by atoms with Crippen molar-refractivity contribution in [2.75, 3.05) is 14.2 Å². The summed E-state index contributed by atoms with van der Waals surface area (Å²) in [5, 5.41) is 11.3. The summed E-state index contributed by atoms with van der Waals surface area (Å²) in [5.74, 6) is 1.31. The largest absolute Gasteiger partial charge is 0.481 e. The molecular weight excluding hydrogens is 352 g/mol. The van der Waals surface area contributed by atoms with E-state index in [-0.39, 0.29) is 0 Å². The molecule has 0 amide bonds. The average Bonchev–Trinajstić information content (AvgIpc) is 3.06. The van der Waals surface area contributed by atoms with Gasteiger partial charge in [-0.05, 0) is 37.6 Å². The highest BCUT2D eigenvalue weighted by Crippen LogP contribution is 2.17. The van der Waals surface area contributed by atoms with E-state index in [9.17, 15) is 0 Å². The number of nitrogens with zero attached hydrogens (tertiary/aromatic N) is 4. The van der Waals surface area contributed by atoms with Gasteiger partial charge in [0, 0.05) is 37.6 Å². The number of hydrogen-bond donors (Lipinski definition) is 2. The topological polar surface area (TPSA) is 76.4 Å². The van der Waals surface area contributed by atoms with Crippen LogP contribution in [0.25, 0.3) is 5.69 Å². The lowest BCUT2D eigenvalue weighted by Gasteiger charge is -2.15. The number of nitrogens with one attached hydrogen (secondary N) is 2. The van der Waals surface area contributed by atoms with E-state index in [1.807, 2.05) is 35.9 Å². The Morgan fingerprint density at radius 3 is 2.46 bits per heavy atom. The molecule has 3 rings (SSSR count). The van der Waals surface area contributed by atoms with Crippen molar-refractivity contribution in [3.8, 4) is 11.6 Å². The van der Waals surface area contributed by atoms with Crippen molar-refractivity contribution in [2.45, 2.75) is 26.9 Å². The minimum atomic E-state index is 0.565.